The van der Waals surface area contributed by atoms with Crippen LogP contribution < -0.4 is 9.47 Å². The minimum absolute atomic E-state index is 0.0164. The number of aromatic hydroxyl groups is 1. The topological polar surface area (TPSA) is 94.2 Å². The maximum Gasteiger partial charge on any atom is 0.416 e. The molecule has 31 heavy (non-hydrogen) atoms. The Balaban J connectivity index is 1.87. The highest BCUT2D eigenvalue weighted by Gasteiger charge is 2.33. The molecule has 0 amide bonds. The lowest BCUT2D eigenvalue weighted by atomic mass is 10.2. The summed E-state index contributed by atoms with van der Waals surface area (Å²) in [7, 11) is 1.48. The zero-order valence-corrected chi connectivity index (χ0v) is 16.0. The normalized spacial score (nSPS) is 11.5. The van der Waals surface area contributed by atoms with Crippen molar-refractivity contribution in [3.05, 3.63) is 81.9 Å². The van der Waals surface area contributed by atoms with Crippen molar-refractivity contribution in [1.82, 2.24) is 0 Å². The third kappa shape index (κ3) is 5.30. The Labute approximate surface area is 174 Å². The van der Waals surface area contributed by atoms with Crippen molar-refractivity contribution in [1.29, 1.82) is 0 Å². The van der Waals surface area contributed by atoms with Crippen LogP contribution in [0, 0.1) is 10.1 Å². The second kappa shape index (κ2) is 8.74. The van der Waals surface area contributed by atoms with Gasteiger partial charge in [0.15, 0.2) is 0 Å². The lowest BCUT2D eigenvalue weighted by Gasteiger charge is -2.10. The molecule has 3 aromatic carbocycles. The highest BCUT2D eigenvalue weighted by Crippen LogP contribution is 2.38. The molecule has 0 unspecified atom stereocenters. The van der Waals surface area contributed by atoms with E-state index in [0.29, 0.717) is 29.1 Å². The minimum atomic E-state index is -4.72. The lowest BCUT2D eigenvalue weighted by molar-refractivity contribution is -0.385. The molecular weight excluding hydrogens is 417 g/mol. The number of benzene rings is 3. The summed E-state index contributed by atoms with van der Waals surface area (Å²) in [4.78, 5) is 14.5. The SMILES string of the molecule is COc1ccc(O)c(C=Nc2cccc(Oc3ccc(C(F)(F)F)cc3[N+](=O)[O-])c2)c1. The van der Waals surface area contributed by atoms with Gasteiger partial charge in [-0.2, -0.15) is 13.2 Å². The van der Waals surface area contributed by atoms with Crippen molar-refractivity contribution < 1.29 is 32.7 Å². The van der Waals surface area contributed by atoms with Crippen LogP contribution in [0.1, 0.15) is 11.1 Å². The molecule has 0 saturated carbocycles. The van der Waals surface area contributed by atoms with E-state index in [4.69, 9.17) is 9.47 Å². The van der Waals surface area contributed by atoms with Crippen LogP contribution in [0.15, 0.2) is 65.7 Å². The number of alkyl halides is 3. The molecule has 0 radical (unpaired) electrons. The molecule has 0 atom stereocenters. The van der Waals surface area contributed by atoms with Gasteiger partial charge in [0.1, 0.15) is 17.2 Å². The summed E-state index contributed by atoms with van der Waals surface area (Å²) < 4.78 is 49.0. The van der Waals surface area contributed by atoms with Crippen molar-refractivity contribution >= 4 is 17.6 Å². The summed E-state index contributed by atoms with van der Waals surface area (Å²) >= 11 is 0. The molecule has 3 rings (SSSR count). The number of halogens is 3. The van der Waals surface area contributed by atoms with E-state index in [0.717, 1.165) is 6.07 Å². The summed E-state index contributed by atoms with van der Waals surface area (Å²) in [5, 5.41) is 21.1. The van der Waals surface area contributed by atoms with E-state index in [-0.39, 0.29) is 17.2 Å². The highest BCUT2D eigenvalue weighted by molar-refractivity contribution is 5.86. The van der Waals surface area contributed by atoms with Gasteiger partial charge < -0.3 is 14.6 Å². The lowest BCUT2D eigenvalue weighted by Crippen LogP contribution is -2.06. The van der Waals surface area contributed by atoms with E-state index in [9.17, 15) is 28.4 Å². The predicted octanol–water partition coefficient (Wildman–Crippen LogP) is 5.87. The van der Waals surface area contributed by atoms with Gasteiger partial charge in [-0.25, -0.2) is 0 Å². The van der Waals surface area contributed by atoms with Gasteiger partial charge in [-0.15, -0.1) is 0 Å². The van der Waals surface area contributed by atoms with Crippen LogP contribution in [0.25, 0.3) is 0 Å². The minimum Gasteiger partial charge on any atom is -0.507 e. The van der Waals surface area contributed by atoms with Crippen LogP contribution in [0.3, 0.4) is 0 Å². The Kier molecular flexibility index (Phi) is 6.10. The number of hydrogen-bond donors (Lipinski definition) is 1. The molecule has 10 heteroatoms. The van der Waals surface area contributed by atoms with Crippen molar-refractivity contribution in [2.75, 3.05) is 7.11 Å². The van der Waals surface area contributed by atoms with Crippen molar-refractivity contribution in [3.63, 3.8) is 0 Å². The van der Waals surface area contributed by atoms with Crippen molar-refractivity contribution in [2.24, 2.45) is 4.99 Å². The number of nitro groups is 1. The van der Waals surface area contributed by atoms with Gasteiger partial charge in [0, 0.05) is 23.9 Å². The summed E-state index contributed by atoms with van der Waals surface area (Å²) in [6, 6.07) is 12.7. The number of methoxy groups -OCH3 is 1. The van der Waals surface area contributed by atoms with Crippen molar-refractivity contribution in [2.45, 2.75) is 6.18 Å². The third-order valence-corrected chi connectivity index (χ3v) is 4.12. The number of phenols is 1. The molecule has 0 saturated heterocycles. The smallest absolute Gasteiger partial charge is 0.416 e. The average molecular weight is 432 g/mol. The average Bonchev–Trinajstić information content (AvgIpc) is 2.73. The van der Waals surface area contributed by atoms with Crippen LogP contribution in [-0.2, 0) is 6.18 Å². The Hall–Kier alpha value is -4.08. The molecule has 0 spiro atoms. The quantitative estimate of drug-likeness (QED) is 0.299. The summed E-state index contributed by atoms with van der Waals surface area (Å²) in [6.45, 7) is 0. The molecule has 0 aliphatic carbocycles. The zero-order valence-electron chi connectivity index (χ0n) is 16.0. The number of hydrogen-bond acceptors (Lipinski definition) is 6. The first-order valence-electron chi connectivity index (χ1n) is 8.72. The largest absolute Gasteiger partial charge is 0.507 e. The molecule has 3 aromatic rings. The number of nitrogens with zero attached hydrogens (tertiary/aromatic N) is 2. The van der Waals surface area contributed by atoms with Crippen LogP contribution >= 0.6 is 0 Å². The van der Waals surface area contributed by atoms with Crippen molar-refractivity contribution in [3.8, 4) is 23.0 Å². The van der Waals surface area contributed by atoms with Gasteiger partial charge in [0.2, 0.25) is 5.75 Å². The highest BCUT2D eigenvalue weighted by atomic mass is 19.4. The first kappa shape index (κ1) is 21.6. The first-order chi connectivity index (χ1) is 14.7. The third-order valence-electron chi connectivity index (χ3n) is 4.12. The van der Waals surface area contributed by atoms with Crippen LogP contribution in [-0.4, -0.2) is 23.4 Å². The van der Waals surface area contributed by atoms with Crippen LogP contribution in [0.5, 0.6) is 23.0 Å². The second-order valence-corrected chi connectivity index (χ2v) is 6.22. The van der Waals surface area contributed by atoms with E-state index < -0.39 is 22.4 Å². The number of nitro benzene ring substituents is 1. The van der Waals surface area contributed by atoms with E-state index in [1.165, 1.54) is 31.5 Å². The molecule has 7 nitrogen and oxygen atoms in total. The van der Waals surface area contributed by atoms with E-state index in [2.05, 4.69) is 4.99 Å². The number of rotatable bonds is 6. The maximum absolute atomic E-state index is 12.8. The fraction of sp³-hybridized carbons (Fsp3) is 0.0952. The molecule has 0 aliphatic rings. The maximum atomic E-state index is 12.8. The number of ether oxygens (including phenoxy) is 2. The predicted molar refractivity (Wildman–Crippen MR) is 107 cm³/mol. The van der Waals surface area contributed by atoms with Gasteiger partial charge in [0.05, 0.1) is 23.3 Å². The molecule has 0 aromatic heterocycles. The summed E-state index contributed by atoms with van der Waals surface area (Å²) in [5.74, 6) is 0.292. The molecule has 0 heterocycles. The van der Waals surface area contributed by atoms with Gasteiger partial charge >= 0.3 is 11.9 Å². The Bertz CT molecular complexity index is 1150. The van der Waals surface area contributed by atoms with Crippen LogP contribution in [0.2, 0.25) is 0 Å². The molecule has 160 valence electrons. The molecule has 0 bridgehead atoms. The molecule has 1 N–H and O–H groups in total. The number of phenolic OH excluding ortho intramolecular Hbond substituents is 1. The van der Waals surface area contributed by atoms with E-state index >= 15 is 0 Å². The summed E-state index contributed by atoms with van der Waals surface area (Å²) in [5.41, 5.74) is -1.19. The summed E-state index contributed by atoms with van der Waals surface area (Å²) in [6.07, 6.45) is -3.33. The fourth-order valence-electron chi connectivity index (χ4n) is 2.58. The Morgan fingerprint density at radius 1 is 1.06 bits per heavy atom. The zero-order chi connectivity index (χ0) is 22.6. The Morgan fingerprint density at radius 3 is 2.52 bits per heavy atom. The molecule has 0 aliphatic heterocycles. The molecular formula is C21H15F3N2O5. The van der Waals surface area contributed by atoms with Gasteiger partial charge in [-0.05, 0) is 42.5 Å². The first-order valence-corrected chi connectivity index (χ1v) is 8.72. The molecule has 0 fully saturated rings. The monoisotopic (exact) mass is 432 g/mol. The Morgan fingerprint density at radius 2 is 1.84 bits per heavy atom. The van der Waals surface area contributed by atoms with E-state index in [1.807, 2.05) is 0 Å². The van der Waals surface area contributed by atoms with Gasteiger partial charge in [-0.3, -0.25) is 15.1 Å². The number of aliphatic imine (C=N–C) groups is 1. The van der Waals surface area contributed by atoms with Crippen LogP contribution in [0.4, 0.5) is 24.5 Å². The standard InChI is InChI=1S/C21H15F3N2O5/c1-30-16-6-7-19(27)13(9-16)12-25-15-3-2-4-17(11-15)31-20-8-5-14(21(22,23)24)10-18(20)26(28)29/h2-12,27H,1H3. The fourth-order valence-corrected chi connectivity index (χ4v) is 2.58. The van der Waals surface area contributed by atoms with E-state index in [1.54, 1.807) is 24.3 Å². The second-order valence-electron chi connectivity index (χ2n) is 6.22. The van der Waals surface area contributed by atoms with Gasteiger partial charge in [-0.1, -0.05) is 6.07 Å². The van der Waals surface area contributed by atoms with Gasteiger partial charge in [0.25, 0.3) is 0 Å².